The molecule has 0 saturated carbocycles. The fourth-order valence-corrected chi connectivity index (χ4v) is 3.85. The number of hydrogen-bond donors (Lipinski definition) is 2. The Morgan fingerprint density at radius 1 is 0.972 bits per heavy atom. The molecule has 198 valence electrons. The number of carbonyl (C=O) groups is 5. The highest BCUT2D eigenvalue weighted by atomic mass is 28.3. The van der Waals surface area contributed by atoms with E-state index in [1.54, 1.807) is 0 Å². The Balaban J connectivity index is 1.79. The van der Waals surface area contributed by atoms with Gasteiger partial charge in [0, 0.05) is 27.5 Å². The average molecular weight is 522 g/mol. The van der Waals surface area contributed by atoms with Gasteiger partial charge in [-0.05, 0) is 30.9 Å². The molecule has 2 rings (SSSR count). The molecular formula is C24H35N3O8Si. The maximum Gasteiger partial charge on any atom is 0.407 e. The normalized spacial score (nSPS) is 14.2. The quantitative estimate of drug-likeness (QED) is 0.229. The molecule has 1 fully saturated rings. The lowest BCUT2D eigenvalue weighted by Crippen LogP contribution is -2.45. The number of nitrogens with zero attached hydrogens (tertiary/aromatic N) is 1. The van der Waals surface area contributed by atoms with Gasteiger partial charge in [-0.15, -0.1) is 5.06 Å². The molecule has 1 aliphatic rings. The number of amides is 4. The third-order valence-electron chi connectivity index (χ3n) is 5.25. The molecule has 12 heteroatoms. The van der Waals surface area contributed by atoms with E-state index in [4.69, 9.17) is 14.3 Å². The van der Waals surface area contributed by atoms with Crippen LogP contribution < -0.4 is 10.6 Å². The second kappa shape index (κ2) is 14.2. The van der Waals surface area contributed by atoms with E-state index in [0.717, 1.165) is 11.6 Å². The van der Waals surface area contributed by atoms with Gasteiger partial charge in [0.2, 0.25) is 0 Å². The van der Waals surface area contributed by atoms with Crippen LogP contribution in [0.1, 0.15) is 37.7 Å². The summed E-state index contributed by atoms with van der Waals surface area (Å²) in [6.45, 7) is 7.09. The molecule has 1 atom stereocenters. The number of benzene rings is 1. The Bertz CT molecular complexity index is 904. The van der Waals surface area contributed by atoms with Gasteiger partial charge in [0.25, 0.3) is 11.8 Å². The van der Waals surface area contributed by atoms with Crippen molar-refractivity contribution in [1.29, 1.82) is 0 Å². The zero-order chi connectivity index (χ0) is 26.6. The van der Waals surface area contributed by atoms with Crippen LogP contribution in [-0.2, 0) is 35.3 Å². The van der Waals surface area contributed by atoms with E-state index < -0.39 is 44.1 Å². The van der Waals surface area contributed by atoms with Gasteiger partial charge >= 0.3 is 18.2 Å². The number of imide groups is 1. The van der Waals surface area contributed by atoms with Crippen LogP contribution in [0.25, 0.3) is 0 Å². The first-order valence-corrected chi connectivity index (χ1v) is 15.7. The van der Waals surface area contributed by atoms with Gasteiger partial charge in [-0.1, -0.05) is 50.0 Å². The standard InChI is InChI=1S/C24H35N3O8Si/c1-36(2,3)16-15-33-24(32)26-19(22(30)35-27-20(28)12-13-21(27)29)11-7-8-14-25-23(31)34-17-18-9-5-4-6-10-18/h4-6,9-10,19H,7-8,11-17H2,1-3H3,(H,25,31)(H,26,32)/t19-/m0/s1. The van der Waals surface area contributed by atoms with E-state index in [-0.39, 0.29) is 32.5 Å². The minimum absolute atomic E-state index is 0.0328. The predicted octanol–water partition coefficient (Wildman–Crippen LogP) is 3.12. The summed E-state index contributed by atoms with van der Waals surface area (Å²) in [5.74, 6) is -2.15. The Morgan fingerprint density at radius 3 is 2.28 bits per heavy atom. The highest BCUT2D eigenvalue weighted by molar-refractivity contribution is 6.76. The van der Waals surface area contributed by atoms with Crippen LogP contribution in [0.15, 0.2) is 30.3 Å². The second-order valence-corrected chi connectivity index (χ2v) is 15.2. The van der Waals surface area contributed by atoms with Gasteiger partial charge in [-0.2, -0.15) is 0 Å². The Hall–Kier alpha value is -3.41. The fourth-order valence-electron chi connectivity index (χ4n) is 3.13. The van der Waals surface area contributed by atoms with Crippen LogP contribution in [0.5, 0.6) is 0 Å². The maximum absolute atomic E-state index is 12.6. The van der Waals surface area contributed by atoms with Crippen LogP contribution in [-0.4, -0.2) is 62.3 Å². The molecular weight excluding hydrogens is 486 g/mol. The molecule has 4 amide bonds. The Labute approximate surface area is 211 Å². The largest absolute Gasteiger partial charge is 0.450 e. The minimum Gasteiger partial charge on any atom is -0.450 e. The molecule has 1 heterocycles. The van der Waals surface area contributed by atoms with Crippen molar-refractivity contribution in [3.05, 3.63) is 35.9 Å². The van der Waals surface area contributed by atoms with Crippen molar-refractivity contribution in [3.8, 4) is 0 Å². The lowest BCUT2D eigenvalue weighted by Gasteiger charge is -2.21. The van der Waals surface area contributed by atoms with Crippen LogP contribution in [0.4, 0.5) is 9.59 Å². The van der Waals surface area contributed by atoms with Crippen molar-refractivity contribution >= 4 is 38.0 Å². The number of hydroxylamine groups is 2. The van der Waals surface area contributed by atoms with Crippen molar-refractivity contribution in [2.75, 3.05) is 13.2 Å². The smallest absolute Gasteiger partial charge is 0.407 e. The molecule has 0 radical (unpaired) electrons. The summed E-state index contributed by atoms with van der Waals surface area (Å²) in [5, 5.41) is 5.53. The summed E-state index contributed by atoms with van der Waals surface area (Å²) in [6.07, 6.45) is -0.349. The molecule has 0 unspecified atom stereocenters. The van der Waals surface area contributed by atoms with Crippen LogP contribution in [0.3, 0.4) is 0 Å². The van der Waals surface area contributed by atoms with E-state index in [2.05, 4.69) is 30.3 Å². The Kier molecular flexibility index (Phi) is 11.4. The van der Waals surface area contributed by atoms with Gasteiger partial charge in [-0.25, -0.2) is 14.4 Å². The van der Waals surface area contributed by atoms with E-state index in [1.807, 2.05) is 30.3 Å². The first-order valence-electron chi connectivity index (χ1n) is 12.0. The highest BCUT2D eigenvalue weighted by Gasteiger charge is 2.35. The van der Waals surface area contributed by atoms with Crippen molar-refractivity contribution < 1.29 is 38.3 Å². The summed E-state index contributed by atoms with van der Waals surface area (Å²) < 4.78 is 10.3. The van der Waals surface area contributed by atoms with Gasteiger partial charge in [0.05, 0.1) is 6.61 Å². The minimum atomic E-state index is -1.41. The summed E-state index contributed by atoms with van der Waals surface area (Å²) in [5.41, 5.74) is 0.867. The number of nitrogens with one attached hydrogen (secondary N) is 2. The number of rotatable bonds is 13. The van der Waals surface area contributed by atoms with Crippen molar-refractivity contribution in [2.45, 2.75) is 70.4 Å². The molecule has 1 aromatic carbocycles. The predicted molar refractivity (Wildman–Crippen MR) is 132 cm³/mol. The fraction of sp³-hybridized carbons (Fsp3) is 0.542. The van der Waals surface area contributed by atoms with E-state index in [9.17, 15) is 24.0 Å². The molecule has 0 spiro atoms. The van der Waals surface area contributed by atoms with Gasteiger partial charge in [-0.3, -0.25) is 9.59 Å². The average Bonchev–Trinajstić information content (AvgIpc) is 3.13. The number of alkyl carbamates (subject to hydrolysis) is 2. The van der Waals surface area contributed by atoms with Crippen LogP contribution in [0, 0.1) is 0 Å². The zero-order valence-corrected chi connectivity index (χ0v) is 22.0. The SMILES string of the molecule is C[Si](C)(C)CCOC(=O)N[C@@H](CCCCNC(=O)OCc1ccccc1)C(=O)ON1C(=O)CCC1=O. The van der Waals surface area contributed by atoms with E-state index in [1.165, 1.54) is 0 Å². The van der Waals surface area contributed by atoms with Gasteiger partial charge in [0.15, 0.2) is 0 Å². The molecule has 36 heavy (non-hydrogen) atoms. The van der Waals surface area contributed by atoms with Crippen LogP contribution in [0.2, 0.25) is 25.7 Å². The number of unbranched alkanes of at least 4 members (excludes halogenated alkanes) is 1. The zero-order valence-electron chi connectivity index (χ0n) is 21.0. The van der Waals surface area contributed by atoms with Crippen molar-refractivity contribution in [2.24, 2.45) is 0 Å². The molecule has 2 N–H and O–H groups in total. The summed E-state index contributed by atoms with van der Waals surface area (Å²) >= 11 is 0. The molecule has 0 bridgehead atoms. The first-order chi connectivity index (χ1) is 17.0. The number of carbonyl (C=O) groups excluding carboxylic acids is 5. The van der Waals surface area contributed by atoms with Gasteiger partial charge < -0.3 is 24.9 Å². The summed E-state index contributed by atoms with van der Waals surface area (Å²) in [4.78, 5) is 65.2. The molecule has 0 aliphatic carbocycles. The lowest BCUT2D eigenvalue weighted by atomic mass is 10.1. The molecule has 0 aromatic heterocycles. The monoisotopic (exact) mass is 521 g/mol. The maximum atomic E-state index is 12.6. The molecule has 11 nitrogen and oxygen atoms in total. The van der Waals surface area contributed by atoms with E-state index >= 15 is 0 Å². The lowest BCUT2D eigenvalue weighted by molar-refractivity contribution is -0.199. The van der Waals surface area contributed by atoms with Gasteiger partial charge in [0.1, 0.15) is 12.6 Å². The summed E-state index contributed by atoms with van der Waals surface area (Å²) in [7, 11) is -1.41. The van der Waals surface area contributed by atoms with Crippen molar-refractivity contribution in [3.63, 3.8) is 0 Å². The molecule has 1 saturated heterocycles. The molecule has 1 aromatic rings. The third kappa shape index (κ3) is 10.9. The molecule has 1 aliphatic heterocycles. The van der Waals surface area contributed by atoms with Crippen molar-refractivity contribution in [1.82, 2.24) is 15.7 Å². The Morgan fingerprint density at radius 2 is 1.64 bits per heavy atom. The summed E-state index contributed by atoms with van der Waals surface area (Å²) in [6, 6.07) is 8.90. The topological polar surface area (TPSA) is 140 Å². The first kappa shape index (κ1) is 28.8. The second-order valence-electron chi connectivity index (χ2n) is 9.62. The van der Waals surface area contributed by atoms with E-state index in [0.29, 0.717) is 24.4 Å². The highest BCUT2D eigenvalue weighted by Crippen LogP contribution is 2.14. The third-order valence-corrected chi connectivity index (χ3v) is 6.95. The van der Waals surface area contributed by atoms with Crippen LogP contribution >= 0.6 is 0 Å². The number of hydrogen-bond acceptors (Lipinski definition) is 8. The number of ether oxygens (including phenoxy) is 2.